The molecule has 0 saturated heterocycles. The molecule has 3 aromatic rings. The molecule has 0 bridgehead atoms. The van der Waals surface area contributed by atoms with E-state index in [1.54, 1.807) is 24.5 Å². The first-order chi connectivity index (χ1) is 12.7. The second-order valence-corrected chi connectivity index (χ2v) is 6.31. The number of pyridine rings is 2. The van der Waals surface area contributed by atoms with Crippen molar-refractivity contribution in [2.45, 2.75) is 6.42 Å². The summed E-state index contributed by atoms with van der Waals surface area (Å²) in [5.74, 6) is 1.13. The van der Waals surface area contributed by atoms with Gasteiger partial charge in [0.2, 0.25) is 5.88 Å². The molecule has 2 aromatic heterocycles. The minimum absolute atomic E-state index is 0.289. The molecule has 0 atom stereocenters. The molecule has 2 N–H and O–H groups in total. The van der Waals surface area contributed by atoms with Crippen LogP contribution in [0.5, 0.6) is 11.6 Å². The van der Waals surface area contributed by atoms with Gasteiger partial charge in [-0.1, -0.05) is 28.1 Å². The van der Waals surface area contributed by atoms with Gasteiger partial charge in [-0.2, -0.15) is 0 Å². The number of carbonyl (C=O) groups is 1. The van der Waals surface area contributed by atoms with Crippen molar-refractivity contribution in [2.24, 2.45) is 0 Å². The van der Waals surface area contributed by atoms with E-state index in [9.17, 15) is 4.79 Å². The Morgan fingerprint density at radius 1 is 1.08 bits per heavy atom. The molecule has 26 heavy (non-hydrogen) atoms. The lowest BCUT2D eigenvalue weighted by Crippen LogP contribution is -2.30. The number of rotatable bonds is 6. The number of nitrogens with one attached hydrogen (secondary N) is 2. The number of carbonyl (C=O) groups excluding carboxylic acids is 1. The van der Waals surface area contributed by atoms with E-state index in [1.165, 1.54) is 0 Å². The number of anilines is 1. The lowest BCUT2D eigenvalue weighted by atomic mass is 10.3. The summed E-state index contributed by atoms with van der Waals surface area (Å²) in [5.41, 5.74) is 1.52. The van der Waals surface area contributed by atoms with Gasteiger partial charge in [0.1, 0.15) is 5.75 Å². The Kier molecular flexibility index (Phi) is 6.16. The smallest absolute Gasteiger partial charge is 0.319 e. The van der Waals surface area contributed by atoms with Crippen LogP contribution in [0, 0.1) is 0 Å². The first-order valence-electron chi connectivity index (χ1n) is 8.03. The fourth-order valence-corrected chi connectivity index (χ4v) is 2.57. The first kappa shape index (κ1) is 17.9. The van der Waals surface area contributed by atoms with Gasteiger partial charge in [-0.25, -0.2) is 9.78 Å². The van der Waals surface area contributed by atoms with Gasteiger partial charge in [0.25, 0.3) is 0 Å². The van der Waals surface area contributed by atoms with E-state index in [0.717, 1.165) is 10.2 Å². The van der Waals surface area contributed by atoms with Crippen LogP contribution in [0.1, 0.15) is 5.69 Å². The number of halogens is 1. The number of benzene rings is 1. The van der Waals surface area contributed by atoms with Crippen LogP contribution in [-0.2, 0) is 6.42 Å². The number of ether oxygens (including phenoxy) is 1. The fourth-order valence-electron chi connectivity index (χ4n) is 2.19. The molecular weight excluding hydrogens is 396 g/mol. The van der Waals surface area contributed by atoms with Crippen LogP contribution >= 0.6 is 15.9 Å². The summed E-state index contributed by atoms with van der Waals surface area (Å²) in [5, 5.41) is 5.52. The number of urea groups is 1. The van der Waals surface area contributed by atoms with E-state index in [-0.39, 0.29) is 6.03 Å². The molecule has 0 spiro atoms. The number of aromatic nitrogens is 2. The zero-order chi connectivity index (χ0) is 18.2. The van der Waals surface area contributed by atoms with Gasteiger partial charge in [-0.15, -0.1) is 0 Å². The highest BCUT2D eigenvalue weighted by Gasteiger charge is 2.04. The Balaban J connectivity index is 1.46. The molecule has 6 nitrogen and oxygen atoms in total. The number of hydrogen-bond acceptors (Lipinski definition) is 4. The molecule has 0 saturated carbocycles. The van der Waals surface area contributed by atoms with Crippen molar-refractivity contribution in [3.05, 3.63) is 77.2 Å². The summed E-state index contributed by atoms with van der Waals surface area (Å²) >= 11 is 3.39. The van der Waals surface area contributed by atoms with E-state index < -0.39 is 0 Å². The van der Waals surface area contributed by atoms with Gasteiger partial charge in [0.05, 0.1) is 11.9 Å². The van der Waals surface area contributed by atoms with Gasteiger partial charge >= 0.3 is 6.03 Å². The van der Waals surface area contributed by atoms with Gasteiger partial charge in [-0.05, 0) is 36.4 Å². The minimum Gasteiger partial charge on any atom is -0.439 e. The molecule has 7 heteroatoms. The number of nitrogens with zero attached hydrogens (tertiary/aromatic N) is 2. The monoisotopic (exact) mass is 412 g/mol. The second-order valence-electron chi connectivity index (χ2n) is 5.40. The van der Waals surface area contributed by atoms with Gasteiger partial charge < -0.3 is 15.4 Å². The normalized spacial score (nSPS) is 10.2. The maximum Gasteiger partial charge on any atom is 0.319 e. The van der Waals surface area contributed by atoms with Crippen LogP contribution in [0.15, 0.2) is 71.5 Å². The zero-order valence-electron chi connectivity index (χ0n) is 13.9. The highest BCUT2D eigenvalue weighted by molar-refractivity contribution is 9.10. The summed E-state index contributed by atoms with van der Waals surface area (Å²) in [4.78, 5) is 20.3. The summed E-state index contributed by atoms with van der Waals surface area (Å²) in [7, 11) is 0. The van der Waals surface area contributed by atoms with Crippen molar-refractivity contribution in [3.8, 4) is 11.6 Å². The summed E-state index contributed by atoms with van der Waals surface area (Å²) < 4.78 is 6.58. The fraction of sp³-hybridized carbons (Fsp3) is 0.105. The average Bonchev–Trinajstić information content (AvgIpc) is 2.64. The minimum atomic E-state index is -0.289. The van der Waals surface area contributed by atoms with Crippen LogP contribution < -0.4 is 15.4 Å². The van der Waals surface area contributed by atoms with E-state index in [4.69, 9.17) is 4.74 Å². The Labute approximate surface area is 159 Å². The molecule has 0 fully saturated rings. The summed E-state index contributed by atoms with van der Waals surface area (Å²) in [6, 6.07) is 16.3. The molecule has 0 unspecified atom stereocenters. The largest absolute Gasteiger partial charge is 0.439 e. The number of amides is 2. The third kappa shape index (κ3) is 5.56. The van der Waals surface area contributed by atoms with Crippen molar-refractivity contribution < 1.29 is 9.53 Å². The predicted molar refractivity (Wildman–Crippen MR) is 103 cm³/mol. The molecule has 0 aliphatic heterocycles. The Morgan fingerprint density at radius 3 is 2.73 bits per heavy atom. The molecule has 2 heterocycles. The summed E-state index contributed by atoms with van der Waals surface area (Å²) in [6.45, 7) is 0.500. The molecule has 3 rings (SSSR count). The van der Waals surface area contributed by atoms with Crippen LogP contribution in [0.3, 0.4) is 0 Å². The van der Waals surface area contributed by atoms with E-state index in [2.05, 4.69) is 36.5 Å². The van der Waals surface area contributed by atoms with Crippen molar-refractivity contribution >= 4 is 27.6 Å². The maximum absolute atomic E-state index is 11.9. The van der Waals surface area contributed by atoms with Crippen LogP contribution in [0.25, 0.3) is 0 Å². The van der Waals surface area contributed by atoms with Crippen molar-refractivity contribution in [1.29, 1.82) is 0 Å². The maximum atomic E-state index is 11.9. The summed E-state index contributed by atoms with van der Waals surface area (Å²) in [6.07, 6.45) is 3.95. The third-order valence-corrected chi connectivity index (χ3v) is 3.90. The van der Waals surface area contributed by atoms with Crippen LogP contribution in [-0.4, -0.2) is 22.5 Å². The molecule has 0 aliphatic carbocycles. The van der Waals surface area contributed by atoms with Crippen molar-refractivity contribution in [2.75, 3.05) is 11.9 Å². The topological polar surface area (TPSA) is 76.1 Å². The Morgan fingerprint density at radius 2 is 2.00 bits per heavy atom. The third-order valence-electron chi connectivity index (χ3n) is 3.41. The van der Waals surface area contributed by atoms with Crippen LogP contribution in [0.2, 0.25) is 0 Å². The second kappa shape index (κ2) is 8.96. The molecule has 2 amide bonds. The van der Waals surface area contributed by atoms with Gasteiger partial charge in [0.15, 0.2) is 0 Å². The van der Waals surface area contributed by atoms with E-state index in [1.807, 2.05) is 42.5 Å². The predicted octanol–water partition coefficient (Wildman–Crippen LogP) is 4.40. The van der Waals surface area contributed by atoms with Gasteiger partial charge in [-0.3, -0.25) is 4.98 Å². The van der Waals surface area contributed by atoms with E-state index >= 15 is 0 Å². The Hall–Kier alpha value is -2.93. The van der Waals surface area contributed by atoms with Gasteiger partial charge in [0, 0.05) is 35.4 Å². The highest BCUT2D eigenvalue weighted by atomic mass is 79.9. The molecule has 132 valence electrons. The molecule has 0 radical (unpaired) electrons. The van der Waals surface area contributed by atoms with E-state index in [0.29, 0.717) is 30.3 Å². The van der Waals surface area contributed by atoms with Crippen LogP contribution in [0.4, 0.5) is 10.5 Å². The average molecular weight is 413 g/mol. The lowest BCUT2D eigenvalue weighted by Gasteiger charge is -2.08. The van der Waals surface area contributed by atoms with Crippen molar-refractivity contribution in [3.63, 3.8) is 0 Å². The lowest BCUT2D eigenvalue weighted by molar-refractivity contribution is 0.252. The highest BCUT2D eigenvalue weighted by Crippen LogP contribution is 2.23. The quantitative estimate of drug-likeness (QED) is 0.628. The number of hydrogen-bond donors (Lipinski definition) is 2. The first-order valence-corrected chi connectivity index (χ1v) is 8.82. The Bertz CT molecular complexity index is 857. The SMILES string of the molecule is O=C(NCCc1ccccn1)Nc1ccc(Oc2cccc(Br)c2)nc1. The van der Waals surface area contributed by atoms with Crippen molar-refractivity contribution in [1.82, 2.24) is 15.3 Å². The molecular formula is C19H17BrN4O2. The standard InChI is InChI=1S/C19H17BrN4O2/c20-14-4-3-6-17(12-14)26-18-8-7-16(13-23-18)24-19(25)22-11-9-15-5-1-2-10-21-15/h1-8,10,12-13H,9,11H2,(H2,22,24,25). The zero-order valence-corrected chi connectivity index (χ0v) is 15.4. The molecule has 0 aliphatic rings. The molecule has 1 aromatic carbocycles.